The van der Waals surface area contributed by atoms with Crippen molar-refractivity contribution in [1.82, 2.24) is 15.3 Å². The van der Waals surface area contributed by atoms with Crippen LogP contribution < -0.4 is 15.8 Å². The van der Waals surface area contributed by atoms with E-state index in [1.165, 1.54) is 28.6 Å². The molecule has 0 radical (unpaired) electrons. The van der Waals surface area contributed by atoms with Crippen molar-refractivity contribution < 1.29 is 4.79 Å². The summed E-state index contributed by atoms with van der Waals surface area (Å²) in [6.45, 7) is 1.33. The third kappa shape index (κ3) is 4.87. The minimum absolute atomic E-state index is 0.00326. The van der Waals surface area contributed by atoms with E-state index in [1.54, 1.807) is 11.3 Å². The van der Waals surface area contributed by atoms with Crippen molar-refractivity contribution in [2.45, 2.75) is 31.4 Å². The highest BCUT2D eigenvalue weighted by Crippen LogP contribution is 2.33. The van der Waals surface area contributed by atoms with E-state index in [0.29, 0.717) is 23.9 Å². The number of thioether (sulfide) groups is 1. The molecule has 2 N–H and O–H groups in total. The van der Waals surface area contributed by atoms with E-state index in [0.717, 1.165) is 41.7 Å². The number of aromatic nitrogens is 2. The number of amides is 1. The summed E-state index contributed by atoms with van der Waals surface area (Å²) in [7, 11) is 2.01. The van der Waals surface area contributed by atoms with Crippen LogP contribution in [0.15, 0.2) is 35.1 Å². The Morgan fingerprint density at radius 1 is 1.27 bits per heavy atom. The normalized spacial score (nSPS) is 13.2. The Morgan fingerprint density at radius 2 is 2.07 bits per heavy atom. The number of aromatic amines is 1. The minimum atomic E-state index is -0.0385. The highest BCUT2D eigenvalue weighted by atomic mass is 32.2. The number of hydrogen-bond donors (Lipinski definition) is 2. The maximum absolute atomic E-state index is 12.6. The predicted octanol–water partition coefficient (Wildman–Crippen LogP) is 3.35. The van der Waals surface area contributed by atoms with Crippen molar-refractivity contribution in [3.05, 3.63) is 57.0 Å². The molecule has 0 atom stereocenters. The zero-order valence-corrected chi connectivity index (χ0v) is 18.7. The van der Waals surface area contributed by atoms with Crippen LogP contribution in [0, 0.1) is 0 Å². The van der Waals surface area contributed by atoms with Crippen LogP contribution in [-0.4, -0.2) is 41.8 Å². The molecule has 1 aromatic carbocycles. The topological polar surface area (TPSA) is 78.1 Å². The van der Waals surface area contributed by atoms with Crippen LogP contribution in [0.5, 0.6) is 0 Å². The molecular formula is C22H26N4O2S2. The lowest BCUT2D eigenvalue weighted by Gasteiger charge is -2.19. The molecule has 0 bridgehead atoms. The molecule has 1 aliphatic rings. The van der Waals surface area contributed by atoms with Crippen LogP contribution in [0.3, 0.4) is 0 Å². The van der Waals surface area contributed by atoms with Gasteiger partial charge in [-0.2, -0.15) is 0 Å². The van der Waals surface area contributed by atoms with Crippen molar-refractivity contribution >= 4 is 44.9 Å². The highest BCUT2D eigenvalue weighted by Gasteiger charge is 2.19. The molecule has 0 saturated heterocycles. The summed E-state index contributed by atoms with van der Waals surface area (Å²) in [5.41, 5.74) is 2.29. The Morgan fingerprint density at radius 3 is 2.90 bits per heavy atom. The first-order valence-electron chi connectivity index (χ1n) is 10.3. The molecule has 2 aromatic heterocycles. The number of fused-ring (bicyclic) bond motifs is 3. The Kier molecular flexibility index (Phi) is 6.74. The molecule has 0 fully saturated rings. The van der Waals surface area contributed by atoms with Gasteiger partial charge in [-0.25, -0.2) is 4.98 Å². The first-order chi connectivity index (χ1) is 14.6. The fourth-order valence-corrected chi connectivity index (χ4v) is 5.74. The predicted molar refractivity (Wildman–Crippen MR) is 126 cm³/mol. The smallest absolute Gasteiger partial charge is 0.259 e. The molecule has 6 nitrogen and oxygen atoms in total. The third-order valence-electron chi connectivity index (χ3n) is 5.31. The van der Waals surface area contributed by atoms with Gasteiger partial charge in [0.15, 0.2) is 0 Å². The lowest BCUT2D eigenvalue weighted by Crippen LogP contribution is -2.33. The molecule has 3 aromatic rings. The molecule has 2 heterocycles. The average Bonchev–Trinajstić information content (AvgIpc) is 3.13. The van der Waals surface area contributed by atoms with E-state index >= 15 is 0 Å². The summed E-state index contributed by atoms with van der Waals surface area (Å²) in [6.07, 6.45) is 4.37. The van der Waals surface area contributed by atoms with E-state index in [1.807, 2.05) is 37.4 Å². The fourth-order valence-electron chi connectivity index (χ4n) is 3.74. The number of carbonyl (C=O) groups is 1. The number of aryl methyl sites for hydroxylation is 2. The number of likely N-dealkylation sites (N-methyl/N-ethyl adjacent to an activating group) is 1. The van der Waals surface area contributed by atoms with E-state index < -0.39 is 0 Å². The maximum Gasteiger partial charge on any atom is 0.259 e. The van der Waals surface area contributed by atoms with Gasteiger partial charge in [-0.15, -0.1) is 23.1 Å². The average molecular weight is 443 g/mol. The Hall–Kier alpha value is -2.32. The number of hydrogen-bond acceptors (Lipinski definition) is 6. The van der Waals surface area contributed by atoms with Crippen LogP contribution in [0.1, 0.15) is 29.1 Å². The minimum Gasteiger partial charge on any atom is -0.373 e. The molecule has 0 aliphatic heterocycles. The second-order valence-corrected chi connectivity index (χ2v) is 9.57. The number of nitrogens with one attached hydrogen (secondary N) is 2. The second kappa shape index (κ2) is 9.66. The lowest BCUT2D eigenvalue weighted by atomic mass is 9.97. The number of thiophene rings is 1. The number of para-hydroxylation sites is 1. The summed E-state index contributed by atoms with van der Waals surface area (Å²) in [5.74, 6) is 1.51. The zero-order valence-electron chi connectivity index (χ0n) is 17.1. The monoisotopic (exact) mass is 442 g/mol. The van der Waals surface area contributed by atoms with Crippen LogP contribution in [-0.2, 0) is 23.4 Å². The van der Waals surface area contributed by atoms with Gasteiger partial charge in [0, 0.05) is 30.7 Å². The van der Waals surface area contributed by atoms with Gasteiger partial charge in [0.1, 0.15) is 10.7 Å². The number of H-pyrrole nitrogens is 1. The number of nitrogens with zero attached hydrogens (tertiary/aromatic N) is 2. The largest absolute Gasteiger partial charge is 0.373 e. The lowest BCUT2D eigenvalue weighted by molar-refractivity contribution is -0.118. The van der Waals surface area contributed by atoms with Crippen molar-refractivity contribution in [2.24, 2.45) is 0 Å². The first-order valence-corrected chi connectivity index (χ1v) is 12.2. The van der Waals surface area contributed by atoms with E-state index in [2.05, 4.69) is 20.2 Å². The van der Waals surface area contributed by atoms with Gasteiger partial charge >= 0.3 is 0 Å². The third-order valence-corrected chi connectivity index (χ3v) is 7.44. The summed E-state index contributed by atoms with van der Waals surface area (Å²) in [5, 5.41) is 3.73. The molecule has 30 heavy (non-hydrogen) atoms. The van der Waals surface area contributed by atoms with Crippen molar-refractivity contribution in [1.29, 1.82) is 0 Å². The van der Waals surface area contributed by atoms with E-state index in [4.69, 9.17) is 0 Å². The molecule has 4 rings (SSSR count). The number of rotatable bonds is 8. The Balaban J connectivity index is 1.25. The van der Waals surface area contributed by atoms with Gasteiger partial charge in [-0.1, -0.05) is 18.2 Å². The summed E-state index contributed by atoms with van der Waals surface area (Å²) in [4.78, 5) is 36.5. The quantitative estimate of drug-likeness (QED) is 0.559. The molecule has 0 spiro atoms. The van der Waals surface area contributed by atoms with Crippen LogP contribution in [0.25, 0.3) is 10.2 Å². The van der Waals surface area contributed by atoms with E-state index in [-0.39, 0.29) is 11.5 Å². The van der Waals surface area contributed by atoms with Gasteiger partial charge in [-0.05, 0) is 43.4 Å². The van der Waals surface area contributed by atoms with Crippen molar-refractivity contribution in [2.75, 3.05) is 30.8 Å². The fraction of sp³-hybridized carbons (Fsp3) is 0.409. The van der Waals surface area contributed by atoms with Crippen molar-refractivity contribution in [3.63, 3.8) is 0 Å². The maximum atomic E-state index is 12.6. The molecule has 1 amide bonds. The summed E-state index contributed by atoms with van der Waals surface area (Å²) < 4.78 is 0. The molecule has 1 aliphatic carbocycles. The summed E-state index contributed by atoms with van der Waals surface area (Å²) in [6, 6.07) is 10.1. The molecule has 0 saturated carbocycles. The number of carbonyl (C=O) groups excluding carboxylic acids is 1. The number of anilines is 1. The Labute approximate surface area is 184 Å². The standard InChI is InChI=1S/C22H26N4O2S2/c1-26(15-7-3-2-4-8-15)12-11-23-19(27)14-29-13-18-24-21(28)20-16-9-5-6-10-17(16)30-22(20)25-18/h2-4,7-8H,5-6,9-14H2,1H3,(H,23,27)(H,24,25,28). The molecular weight excluding hydrogens is 416 g/mol. The van der Waals surface area contributed by atoms with E-state index in [9.17, 15) is 9.59 Å². The van der Waals surface area contributed by atoms with Gasteiger partial charge in [0.2, 0.25) is 5.91 Å². The zero-order chi connectivity index (χ0) is 20.9. The molecule has 8 heteroatoms. The first kappa shape index (κ1) is 20.9. The van der Waals surface area contributed by atoms with Crippen molar-refractivity contribution in [3.8, 4) is 0 Å². The van der Waals surface area contributed by atoms with Gasteiger partial charge in [0.05, 0.1) is 16.9 Å². The molecule has 0 unspecified atom stereocenters. The van der Waals surface area contributed by atoms with Crippen LogP contribution >= 0.6 is 23.1 Å². The molecule has 158 valence electrons. The number of benzene rings is 1. The highest BCUT2D eigenvalue weighted by molar-refractivity contribution is 7.99. The summed E-state index contributed by atoms with van der Waals surface area (Å²) >= 11 is 3.12. The van der Waals surface area contributed by atoms with Crippen LogP contribution in [0.4, 0.5) is 5.69 Å². The SMILES string of the molecule is CN(CCNC(=O)CSCc1nc2sc3c(c2c(=O)[nH]1)CCCC3)c1ccccc1. The van der Waals surface area contributed by atoms with Gasteiger partial charge < -0.3 is 15.2 Å². The second-order valence-electron chi connectivity index (χ2n) is 7.50. The van der Waals surface area contributed by atoms with Gasteiger partial charge in [-0.3, -0.25) is 9.59 Å². The van der Waals surface area contributed by atoms with Gasteiger partial charge in [0.25, 0.3) is 5.56 Å². The Bertz CT molecular complexity index is 1080. The van der Waals surface area contributed by atoms with Crippen LogP contribution in [0.2, 0.25) is 0 Å².